The number of ether oxygens (including phenoxy) is 1. The van der Waals surface area contributed by atoms with Crippen LogP contribution in [-0.2, 0) is 22.4 Å². The fraction of sp³-hybridized carbons (Fsp3) is 0.559. The highest BCUT2D eigenvalue weighted by atomic mass is 79.9. The smallest absolute Gasteiger partial charge is 0.410 e. The summed E-state index contributed by atoms with van der Waals surface area (Å²) < 4.78 is 6.96. The minimum Gasteiger partial charge on any atom is -0.506 e. The Bertz CT molecular complexity index is 1440. The number of halogens is 2. The predicted octanol–water partition coefficient (Wildman–Crippen LogP) is 4.97. The van der Waals surface area contributed by atoms with E-state index < -0.39 is 12.2 Å². The molecular formula is C34H43Br2N5O6. The van der Waals surface area contributed by atoms with Crippen LogP contribution in [0, 0.1) is 0 Å². The summed E-state index contributed by atoms with van der Waals surface area (Å²) in [4.78, 5) is 48.2. The molecule has 4 aliphatic rings. The number of hydrogen-bond donors (Lipinski definition) is 3. The maximum atomic E-state index is 14.0. The van der Waals surface area contributed by atoms with Crippen LogP contribution >= 0.6 is 31.9 Å². The monoisotopic (exact) mass is 775 g/mol. The Labute approximate surface area is 292 Å². The number of rotatable bonds is 6. The zero-order chi connectivity index (χ0) is 33.1. The van der Waals surface area contributed by atoms with Crippen molar-refractivity contribution in [3.8, 4) is 5.75 Å². The number of β-amino-alcohol motifs (C(OH)–C–C–N with tert-alkyl or cyclic N) is 1. The van der Waals surface area contributed by atoms with Crippen LogP contribution in [0.3, 0.4) is 0 Å². The van der Waals surface area contributed by atoms with Crippen molar-refractivity contribution in [1.82, 2.24) is 19.6 Å². The first-order valence-corrected chi connectivity index (χ1v) is 18.2. The van der Waals surface area contributed by atoms with Gasteiger partial charge in [0.1, 0.15) is 5.75 Å². The molecule has 2 aromatic rings. The molecule has 0 saturated carbocycles. The van der Waals surface area contributed by atoms with Crippen molar-refractivity contribution in [3.05, 3.63) is 56.5 Å². The number of carbonyl (C=O) groups is 3. The number of aromatic hydroxyl groups is 1. The van der Waals surface area contributed by atoms with Gasteiger partial charge < -0.3 is 35.0 Å². The summed E-state index contributed by atoms with van der Waals surface area (Å²) in [6.07, 6.45) is 3.72. The number of aliphatic hydroxyl groups excluding tert-OH is 1. The van der Waals surface area contributed by atoms with Crippen LogP contribution in [0.15, 0.2) is 45.3 Å². The van der Waals surface area contributed by atoms with Crippen LogP contribution in [0.1, 0.15) is 49.7 Å². The molecule has 11 nitrogen and oxygen atoms in total. The third kappa shape index (κ3) is 8.06. The molecule has 2 atom stereocenters. The van der Waals surface area contributed by atoms with Crippen molar-refractivity contribution >= 4 is 55.6 Å². The minimum absolute atomic E-state index is 0.000185. The normalized spacial score (nSPS) is 22.3. The molecule has 2 aromatic carbocycles. The highest BCUT2D eigenvalue weighted by molar-refractivity contribution is 9.11. The molecule has 4 amide bonds. The molecule has 6 rings (SSSR count). The summed E-state index contributed by atoms with van der Waals surface area (Å²) >= 11 is 6.74. The van der Waals surface area contributed by atoms with Gasteiger partial charge >= 0.3 is 12.1 Å². The Morgan fingerprint density at radius 2 is 1.57 bits per heavy atom. The molecule has 0 bridgehead atoms. The second kappa shape index (κ2) is 15.1. The van der Waals surface area contributed by atoms with Gasteiger partial charge in [0.25, 0.3) is 5.91 Å². The Morgan fingerprint density at radius 3 is 2.28 bits per heavy atom. The fourth-order valence-electron chi connectivity index (χ4n) is 7.39. The molecular weight excluding hydrogens is 734 g/mol. The summed E-state index contributed by atoms with van der Waals surface area (Å²) in [6, 6.07) is 11.5. The maximum absolute atomic E-state index is 14.0. The lowest BCUT2D eigenvalue weighted by Gasteiger charge is -2.42. The Kier molecular flexibility index (Phi) is 10.9. The SMILES string of the molecule is O=C(O[C@H](Cc1cc(Br)c(O)c(Br)c1)C(=O)N1CCC(N2CCC[C@@H](O)C2)CC1)N1CCC(N2CCc3ccccc3NC2=O)CC1. The Hall–Kier alpha value is -2.87. The molecule has 3 fully saturated rings. The van der Waals surface area contributed by atoms with Gasteiger partial charge in [-0.2, -0.15) is 0 Å². The van der Waals surface area contributed by atoms with Crippen molar-refractivity contribution < 1.29 is 29.3 Å². The number of anilines is 1. The highest BCUT2D eigenvalue weighted by Crippen LogP contribution is 2.34. The number of phenols is 1. The molecule has 3 N–H and O–H groups in total. The molecule has 0 unspecified atom stereocenters. The molecule has 0 aromatic heterocycles. The van der Waals surface area contributed by atoms with Gasteiger partial charge in [0, 0.05) is 63.5 Å². The topological polar surface area (TPSA) is 126 Å². The van der Waals surface area contributed by atoms with Gasteiger partial charge in [0.15, 0.2) is 6.10 Å². The largest absolute Gasteiger partial charge is 0.506 e. The van der Waals surface area contributed by atoms with E-state index in [1.165, 1.54) is 0 Å². The van der Waals surface area contributed by atoms with Gasteiger partial charge in [-0.1, -0.05) is 18.2 Å². The Morgan fingerprint density at radius 1 is 0.915 bits per heavy atom. The van der Waals surface area contributed by atoms with Gasteiger partial charge in [0.05, 0.1) is 15.0 Å². The standard InChI is InChI=1S/C34H43Br2N5O6/c35-27-18-22(19-28(36)31(27)43)20-30(32(44)38-13-8-24(9-14-38)40-12-3-5-26(42)21-40)47-34(46)39-15-10-25(11-16-39)41-17-7-23-4-1-2-6-29(23)37-33(41)45/h1-2,4,6,18-19,24-26,30,42-43H,3,5,7-17,20-21H2,(H,37,45)/t26-,30-/m1/s1. The lowest BCUT2D eigenvalue weighted by Crippen LogP contribution is -2.53. The molecule has 13 heteroatoms. The molecule has 47 heavy (non-hydrogen) atoms. The minimum atomic E-state index is -1.04. The number of fused-ring (bicyclic) bond motifs is 1. The average Bonchev–Trinajstić information content (AvgIpc) is 3.24. The molecule has 0 aliphatic carbocycles. The van der Waals surface area contributed by atoms with E-state index in [1.807, 2.05) is 29.2 Å². The van der Waals surface area contributed by atoms with Crippen molar-refractivity contribution in [3.63, 3.8) is 0 Å². The van der Waals surface area contributed by atoms with Gasteiger partial charge in [-0.15, -0.1) is 0 Å². The summed E-state index contributed by atoms with van der Waals surface area (Å²) in [5, 5.41) is 23.4. The Balaban J connectivity index is 1.09. The number of hydrogen-bond acceptors (Lipinski definition) is 7. The zero-order valence-corrected chi connectivity index (χ0v) is 29.6. The number of nitrogens with one attached hydrogen (secondary N) is 1. The molecule has 3 saturated heterocycles. The van der Waals surface area contributed by atoms with E-state index in [9.17, 15) is 24.6 Å². The van der Waals surface area contributed by atoms with E-state index in [0.717, 1.165) is 55.5 Å². The van der Waals surface area contributed by atoms with Crippen LogP contribution in [0.5, 0.6) is 5.75 Å². The van der Waals surface area contributed by atoms with E-state index in [2.05, 4.69) is 42.1 Å². The number of piperidine rings is 3. The fourth-order valence-corrected chi connectivity index (χ4v) is 8.67. The van der Waals surface area contributed by atoms with E-state index in [1.54, 1.807) is 21.9 Å². The number of carbonyl (C=O) groups excluding carboxylic acids is 3. The molecule has 254 valence electrons. The van der Waals surface area contributed by atoms with Crippen molar-refractivity contribution in [2.24, 2.45) is 0 Å². The zero-order valence-electron chi connectivity index (χ0n) is 26.5. The lowest BCUT2D eigenvalue weighted by molar-refractivity contribution is -0.142. The molecule has 0 spiro atoms. The van der Waals surface area contributed by atoms with Crippen LogP contribution in [-0.4, -0.2) is 118 Å². The van der Waals surface area contributed by atoms with Crippen LogP contribution < -0.4 is 5.32 Å². The summed E-state index contributed by atoms with van der Waals surface area (Å²) in [5.74, 6) is -0.171. The molecule has 4 heterocycles. The van der Waals surface area contributed by atoms with Crippen LogP contribution in [0.25, 0.3) is 0 Å². The van der Waals surface area contributed by atoms with Gasteiger partial charge in [-0.25, -0.2) is 9.59 Å². The predicted molar refractivity (Wildman–Crippen MR) is 184 cm³/mol. The number of phenolic OH excluding ortho intramolecular Hbond substituents is 1. The molecule has 0 radical (unpaired) electrons. The van der Waals surface area contributed by atoms with E-state index in [0.29, 0.717) is 67.1 Å². The third-order valence-electron chi connectivity index (χ3n) is 10.0. The van der Waals surface area contributed by atoms with Gasteiger partial charge in [0.2, 0.25) is 0 Å². The van der Waals surface area contributed by atoms with Crippen molar-refractivity contribution in [2.45, 2.75) is 75.7 Å². The second-order valence-corrected chi connectivity index (χ2v) is 14.8. The summed E-state index contributed by atoms with van der Waals surface area (Å²) in [6.45, 7) is 4.21. The number of likely N-dealkylation sites (tertiary alicyclic amines) is 3. The first-order valence-electron chi connectivity index (χ1n) is 16.6. The highest BCUT2D eigenvalue weighted by Gasteiger charge is 2.37. The van der Waals surface area contributed by atoms with Crippen LogP contribution in [0.4, 0.5) is 15.3 Å². The van der Waals surface area contributed by atoms with E-state index >= 15 is 0 Å². The quantitative estimate of drug-likeness (QED) is 0.379. The number of nitrogens with zero attached hydrogens (tertiary/aromatic N) is 4. The van der Waals surface area contributed by atoms with Crippen molar-refractivity contribution in [1.29, 1.82) is 0 Å². The number of amides is 4. The summed E-state index contributed by atoms with van der Waals surface area (Å²) in [5.41, 5.74) is 2.69. The number of aliphatic hydroxyl groups is 1. The van der Waals surface area contributed by atoms with Crippen LogP contribution in [0.2, 0.25) is 0 Å². The van der Waals surface area contributed by atoms with Gasteiger partial charge in [-0.05, 0) is 113 Å². The third-order valence-corrected chi connectivity index (χ3v) is 11.3. The van der Waals surface area contributed by atoms with Gasteiger partial charge in [-0.3, -0.25) is 9.69 Å². The number of benzene rings is 2. The number of para-hydroxylation sites is 1. The maximum Gasteiger partial charge on any atom is 0.410 e. The average molecular weight is 778 g/mol. The van der Waals surface area contributed by atoms with Crippen molar-refractivity contribution in [2.75, 3.05) is 51.1 Å². The summed E-state index contributed by atoms with van der Waals surface area (Å²) in [7, 11) is 0. The lowest BCUT2D eigenvalue weighted by atomic mass is 9.98. The van der Waals surface area contributed by atoms with E-state index in [4.69, 9.17) is 4.74 Å². The molecule has 4 aliphatic heterocycles. The second-order valence-electron chi connectivity index (χ2n) is 13.1. The number of urea groups is 1. The first kappa shape index (κ1) is 34.0. The van der Waals surface area contributed by atoms with E-state index in [-0.39, 0.29) is 36.3 Å². The first-order chi connectivity index (χ1) is 22.7.